The fourth-order valence-electron chi connectivity index (χ4n) is 1.67. The summed E-state index contributed by atoms with van der Waals surface area (Å²) in [5, 5.41) is 18.8. The molecule has 0 radical (unpaired) electrons. The van der Waals surface area contributed by atoms with Gasteiger partial charge in [0.25, 0.3) is 0 Å². The van der Waals surface area contributed by atoms with E-state index in [0.29, 0.717) is 10.9 Å². The van der Waals surface area contributed by atoms with Crippen molar-refractivity contribution in [3.05, 3.63) is 40.2 Å². The molecule has 5 nitrogen and oxygen atoms in total. The van der Waals surface area contributed by atoms with E-state index in [0.717, 1.165) is 6.07 Å². The molecule has 1 heterocycles. The maximum absolute atomic E-state index is 11.3. The topological polar surface area (TPSA) is 87.7 Å². The van der Waals surface area contributed by atoms with E-state index >= 15 is 0 Å². The third-order valence-electron chi connectivity index (χ3n) is 2.60. The second kappa shape index (κ2) is 3.93. The molecular weight excluding hydrogens is 224 g/mol. The lowest BCUT2D eigenvalue weighted by Crippen LogP contribution is -2.11. The number of rotatable bonds is 2. The van der Waals surface area contributed by atoms with Crippen LogP contribution in [0.3, 0.4) is 0 Å². The molecule has 2 rings (SSSR count). The van der Waals surface area contributed by atoms with E-state index < -0.39 is 17.5 Å². The van der Waals surface area contributed by atoms with Crippen LogP contribution < -0.4 is 5.63 Å². The van der Waals surface area contributed by atoms with Crippen LogP contribution in [-0.4, -0.2) is 16.2 Å². The number of carbonyl (C=O) groups is 1. The first-order chi connectivity index (χ1) is 7.99. The molecule has 0 aliphatic rings. The molecule has 0 aliphatic heterocycles. The smallest absolute Gasteiger partial charge is 0.336 e. The normalized spacial score (nSPS) is 12.5. The number of phenolic OH excluding ortho intramolecular Hbond substituents is 1. The zero-order valence-corrected chi connectivity index (χ0v) is 9.01. The number of carboxylic acid groups (broad SMARTS) is 1. The van der Waals surface area contributed by atoms with Crippen molar-refractivity contribution >= 4 is 16.9 Å². The van der Waals surface area contributed by atoms with Gasteiger partial charge >= 0.3 is 11.6 Å². The van der Waals surface area contributed by atoms with Gasteiger partial charge in [-0.25, -0.2) is 4.79 Å². The van der Waals surface area contributed by atoms with E-state index in [4.69, 9.17) is 9.52 Å². The molecule has 88 valence electrons. The summed E-state index contributed by atoms with van der Waals surface area (Å²) in [7, 11) is 0. The predicted molar refractivity (Wildman–Crippen MR) is 60.2 cm³/mol. The van der Waals surface area contributed by atoms with E-state index in [9.17, 15) is 14.7 Å². The molecule has 0 aliphatic carbocycles. The van der Waals surface area contributed by atoms with Crippen LogP contribution in [0.4, 0.5) is 0 Å². The van der Waals surface area contributed by atoms with Crippen molar-refractivity contribution in [3.63, 3.8) is 0 Å². The van der Waals surface area contributed by atoms with Crippen molar-refractivity contribution in [1.29, 1.82) is 0 Å². The molecule has 1 unspecified atom stereocenters. The maximum atomic E-state index is 11.3. The Morgan fingerprint density at radius 3 is 2.71 bits per heavy atom. The van der Waals surface area contributed by atoms with Gasteiger partial charge in [-0.2, -0.15) is 0 Å². The molecule has 0 saturated heterocycles. The molecule has 1 aromatic carbocycles. The summed E-state index contributed by atoms with van der Waals surface area (Å²) in [5.74, 6) is -1.88. The fraction of sp³-hybridized carbons (Fsp3) is 0.167. The molecule has 2 aromatic rings. The molecule has 5 heteroatoms. The minimum absolute atomic E-state index is 0.0409. The van der Waals surface area contributed by atoms with Crippen LogP contribution in [0.15, 0.2) is 33.5 Å². The Kier molecular flexibility index (Phi) is 2.59. The first kappa shape index (κ1) is 11.2. The van der Waals surface area contributed by atoms with Crippen molar-refractivity contribution in [2.75, 3.05) is 0 Å². The predicted octanol–water partition coefficient (Wildman–Crippen LogP) is 1.69. The molecule has 17 heavy (non-hydrogen) atoms. The van der Waals surface area contributed by atoms with Crippen molar-refractivity contribution in [2.45, 2.75) is 12.8 Å². The Hall–Kier alpha value is -2.30. The lowest BCUT2D eigenvalue weighted by molar-refractivity contribution is -0.138. The van der Waals surface area contributed by atoms with E-state index in [2.05, 4.69) is 0 Å². The third-order valence-corrected chi connectivity index (χ3v) is 2.60. The number of aromatic hydroxyl groups is 1. The molecule has 0 fully saturated rings. The summed E-state index contributed by atoms with van der Waals surface area (Å²) in [6.45, 7) is 1.49. The van der Waals surface area contributed by atoms with Gasteiger partial charge in [0.05, 0.1) is 5.92 Å². The number of carboxylic acids is 1. The second-order valence-electron chi connectivity index (χ2n) is 3.76. The first-order valence-electron chi connectivity index (χ1n) is 4.98. The van der Waals surface area contributed by atoms with Gasteiger partial charge in [0, 0.05) is 17.5 Å². The first-order valence-corrected chi connectivity index (χ1v) is 4.98. The number of fused-ring (bicyclic) bond motifs is 1. The lowest BCUT2D eigenvalue weighted by Gasteiger charge is -2.09. The molecule has 0 saturated carbocycles. The summed E-state index contributed by atoms with van der Waals surface area (Å²) in [6, 6.07) is 5.40. The van der Waals surface area contributed by atoms with Crippen molar-refractivity contribution in [3.8, 4) is 5.75 Å². The van der Waals surface area contributed by atoms with E-state index in [1.165, 1.54) is 25.1 Å². The van der Waals surface area contributed by atoms with Crippen LogP contribution in [0, 0.1) is 0 Å². The quantitative estimate of drug-likeness (QED) is 0.772. The van der Waals surface area contributed by atoms with Crippen molar-refractivity contribution in [2.24, 2.45) is 0 Å². The van der Waals surface area contributed by atoms with Gasteiger partial charge in [0.2, 0.25) is 0 Å². The molecule has 1 atom stereocenters. The molecule has 0 amide bonds. The van der Waals surface area contributed by atoms with Crippen molar-refractivity contribution < 1.29 is 19.4 Å². The van der Waals surface area contributed by atoms with Crippen LogP contribution in [-0.2, 0) is 4.79 Å². The van der Waals surface area contributed by atoms with Gasteiger partial charge in [0.15, 0.2) is 0 Å². The number of phenols is 1. The average molecular weight is 234 g/mol. The summed E-state index contributed by atoms with van der Waals surface area (Å²) in [4.78, 5) is 22.2. The van der Waals surface area contributed by atoms with Gasteiger partial charge in [-0.15, -0.1) is 0 Å². The number of hydrogen-bond donors (Lipinski definition) is 2. The minimum atomic E-state index is -1.02. The highest BCUT2D eigenvalue weighted by atomic mass is 16.4. The Morgan fingerprint density at radius 1 is 1.35 bits per heavy atom. The second-order valence-corrected chi connectivity index (χ2v) is 3.76. The molecular formula is C12H10O5. The Labute approximate surface area is 95.9 Å². The van der Waals surface area contributed by atoms with Crippen LogP contribution in [0.25, 0.3) is 11.0 Å². The molecule has 0 spiro atoms. The number of aliphatic carboxylic acids is 1. The number of benzene rings is 1. The highest BCUT2D eigenvalue weighted by molar-refractivity contribution is 5.87. The zero-order valence-electron chi connectivity index (χ0n) is 9.01. The standard InChI is InChI=1S/C12H10O5/c1-6(12(15)16)9-5-11(14)17-10-4-7(13)2-3-8(9)10/h2-6,13H,1H3,(H,15,16). The highest BCUT2D eigenvalue weighted by Crippen LogP contribution is 2.26. The summed E-state index contributed by atoms with van der Waals surface area (Å²) >= 11 is 0. The fourth-order valence-corrected chi connectivity index (χ4v) is 1.67. The van der Waals surface area contributed by atoms with Crippen molar-refractivity contribution in [1.82, 2.24) is 0 Å². The SMILES string of the molecule is CC(C(=O)O)c1cc(=O)oc2cc(O)ccc12. The molecule has 2 N–H and O–H groups in total. The summed E-state index contributed by atoms with van der Waals surface area (Å²) in [5.41, 5.74) is -0.0736. The van der Waals surface area contributed by atoms with Gasteiger partial charge in [-0.3, -0.25) is 4.79 Å². The lowest BCUT2D eigenvalue weighted by atomic mass is 9.98. The Morgan fingerprint density at radius 2 is 2.06 bits per heavy atom. The molecule has 0 bridgehead atoms. The maximum Gasteiger partial charge on any atom is 0.336 e. The molecule has 1 aromatic heterocycles. The Bertz CT molecular complexity index is 641. The summed E-state index contributed by atoms with van der Waals surface area (Å²) in [6.07, 6.45) is 0. The monoisotopic (exact) mass is 234 g/mol. The Balaban J connectivity index is 2.78. The van der Waals surface area contributed by atoms with Crippen LogP contribution in [0.1, 0.15) is 18.4 Å². The summed E-state index contributed by atoms with van der Waals surface area (Å²) < 4.78 is 4.90. The average Bonchev–Trinajstić information content (AvgIpc) is 2.26. The number of hydrogen-bond acceptors (Lipinski definition) is 4. The third kappa shape index (κ3) is 1.99. The van der Waals surface area contributed by atoms with Crippen LogP contribution in [0.5, 0.6) is 5.75 Å². The van der Waals surface area contributed by atoms with Crippen LogP contribution >= 0.6 is 0 Å². The minimum Gasteiger partial charge on any atom is -0.508 e. The highest BCUT2D eigenvalue weighted by Gasteiger charge is 2.18. The van der Waals surface area contributed by atoms with E-state index in [-0.39, 0.29) is 11.3 Å². The van der Waals surface area contributed by atoms with E-state index in [1.807, 2.05) is 0 Å². The van der Waals surface area contributed by atoms with Gasteiger partial charge in [-0.1, -0.05) is 0 Å². The van der Waals surface area contributed by atoms with Gasteiger partial charge in [-0.05, 0) is 24.6 Å². The van der Waals surface area contributed by atoms with Crippen LogP contribution in [0.2, 0.25) is 0 Å². The van der Waals surface area contributed by atoms with Gasteiger partial charge in [0.1, 0.15) is 11.3 Å². The van der Waals surface area contributed by atoms with E-state index in [1.54, 1.807) is 0 Å². The van der Waals surface area contributed by atoms with Gasteiger partial charge < -0.3 is 14.6 Å². The largest absolute Gasteiger partial charge is 0.508 e. The zero-order chi connectivity index (χ0) is 12.6.